The molecule has 3 rings (SSSR count). The summed E-state index contributed by atoms with van der Waals surface area (Å²) in [5.74, 6) is 1.19. The van der Waals surface area contributed by atoms with Crippen molar-refractivity contribution in [2.75, 3.05) is 5.73 Å². The highest BCUT2D eigenvalue weighted by atomic mass is 15.1. The second-order valence-corrected chi connectivity index (χ2v) is 5.10. The van der Waals surface area contributed by atoms with Gasteiger partial charge in [0.1, 0.15) is 23.4 Å². The molecule has 0 aliphatic heterocycles. The maximum atomic E-state index is 9.40. The summed E-state index contributed by atoms with van der Waals surface area (Å²) in [6, 6.07) is 6.01. The molecule has 6 heteroatoms. The minimum atomic E-state index is 0.490. The Bertz CT molecular complexity index is 888. The van der Waals surface area contributed by atoms with Crippen LogP contribution in [0.2, 0.25) is 0 Å². The minimum Gasteiger partial charge on any atom is -0.383 e. The molecular formula is C16H16N6. The Kier molecular flexibility index (Phi) is 3.47. The highest BCUT2D eigenvalue weighted by Crippen LogP contribution is 2.24. The number of fused-ring (bicyclic) bond motifs is 1. The van der Waals surface area contributed by atoms with E-state index >= 15 is 0 Å². The molecule has 0 saturated carbocycles. The van der Waals surface area contributed by atoms with Crippen LogP contribution in [0, 0.1) is 18.3 Å². The number of nitrogen functional groups attached to an aromatic ring is 1. The van der Waals surface area contributed by atoms with Gasteiger partial charge in [-0.15, -0.1) is 0 Å². The molecule has 0 aliphatic carbocycles. The van der Waals surface area contributed by atoms with E-state index in [0.717, 1.165) is 28.7 Å². The van der Waals surface area contributed by atoms with Crippen LogP contribution in [-0.4, -0.2) is 19.5 Å². The third kappa shape index (κ3) is 2.27. The maximum absolute atomic E-state index is 9.40. The molecule has 3 aromatic rings. The van der Waals surface area contributed by atoms with Gasteiger partial charge in [0.25, 0.3) is 0 Å². The molecule has 3 heterocycles. The van der Waals surface area contributed by atoms with Gasteiger partial charge in [-0.2, -0.15) is 5.26 Å². The van der Waals surface area contributed by atoms with Gasteiger partial charge < -0.3 is 10.3 Å². The van der Waals surface area contributed by atoms with E-state index in [2.05, 4.69) is 21.0 Å². The minimum absolute atomic E-state index is 0.490. The molecule has 6 nitrogen and oxygen atoms in total. The highest BCUT2D eigenvalue weighted by molar-refractivity contribution is 5.85. The number of rotatable bonds is 3. The summed E-state index contributed by atoms with van der Waals surface area (Å²) < 4.78 is 1.94. The first-order chi connectivity index (χ1) is 10.6. The van der Waals surface area contributed by atoms with Gasteiger partial charge in [-0.3, -0.25) is 0 Å². The van der Waals surface area contributed by atoms with Gasteiger partial charge in [0.15, 0.2) is 0 Å². The molecule has 110 valence electrons. The smallest absolute Gasteiger partial charge is 0.145 e. The van der Waals surface area contributed by atoms with E-state index in [-0.39, 0.29) is 0 Å². The lowest BCUT2D eigenvalue weighted by Crippen LogP contribution is -2.05. The molecule has 0 aromatic carbocycles. The Labute approximate surface area is 128 Å². The lowest BCUT2D eigenvalue weighted by Gasteiger charge is -2.08. The Morgan fingerprint density at radius 1 is 1.36 bits per heavy atom. The first kappa shape index (κ1) is 14.0. The van der Waals surface area contributed by atoms with Gasteiger partial charge in [-0.1, -0.05) is 13.0 Å². The first-order valence-corrected chi connectivity index (χ1v) is 7.09. The Morgan fingerprint density at radius 3 is 2.86 bits per heavy atom. The topological polar surface area (TPSA) is 93.4 Å². The number of nitrogens with two attached hydrogens (primary N) is 1. The van der Waals surface area contributed by atoms with Crippen LogP contribution in [0.4, 0.5) is 5.82 Å². The molecular weight excluding hydrogens is 276 g/mol. The molecule has 0 unspecified atom stereocenters. The molecule has 0 bridgehead atoms. The zero-order chi connectivity index (χ0) is 15.7. The number of anilines is 1. The zero-order valence-electron chi connectivity index (χ0n) is 12.5. The van der Waals surface area contributed by atoms with Gasteiger partial charge in [0, 0.05) is 18.0 Å². The molecule has 0 atom stereocenters. The van der Waals surface area contributed by atoms with Crippen molar-refractivity contribution in [2.24, 2.45) is 0 Å². The molecule has 2 N–H and O–H groups in total. The predicted molar refractivity (Wildman–Crippen MR) is 84.1 cm³/mol. The van der Waals surface area contributed by atoms with Crippen molar-refractivity contribution >= 4 is 16.9 Å². The quantitative estimate of drug-likeness (QED) is 0.798. The summed E-state index contributed by atoms with van der Waals surface area (Å²) >= 11 is 0. The summed E-state index contributed by atoms with van der Waals surface area (Å²) in [6.07, 6.45) is 4.23. The Hall–Kier alpha value is -2.94. The van der Waals surface area contributed by atoms with Crippen LogP contribution >= 0.6 is 0 Å². The average molecular weight is 292 g/mol. The standard InChI is InChI=1S/C16H16N6/c1-3-13-14-12(7-17)9-22(16(14)21-10(2)20-13)8-11-5-4-6-19-15(11)18/h4-6,9H,3,8H2,1-2H3,(H2,18,19). The Balaban J connectivity index is 2.21. The highest BCUT2D eigenvalue weighted by Gasteiger charge is 2.15. The van der Waals surface area contributed by atoms with Crippen molar-refractivity contribution in [1.29, 1.82) is 5.26 Å². The summed E-state index contributed by atoms with van der Waals surface area (Å²) in [5, 5.41) is 10.2. The number of nitrogens with zero attached hydrogens (tertiary/aromatic N) is 5. The summed E-state index contributed by atoms with van der Waals surface area (Å²) in [7, 11) is 0. The van der Waals surface area contributed by atoms with Gasteiger partial charge in [-0.05, 0) is 19.4 Å². The number of hydrogen-bond donors (Lipinski definition) is 1. The van der Waals surface area contributed by atoms with E-state index < -0.39 is 0 Å². The zero-order valence-corrected chi connectivity index (χ0v) is 12.5. The normalized spacial score (nSPS) is 10.8. The molecule has 0 amide bonds. The summed E-state index contributed by atoms with van der Waals surface area (Å²) in [4.78, 5) is 13.1. The van der Waals surface area contributed by atoms with Gasteiger partial charge in [-0.25, -0.2) is 15.0 Å². The Morgan fingerprint density at radius 2 is 2.18 bits per heavy atom. The van der Waals surface area contributed by atoms with E-state index in [4.69, 9.17) is 5.73 Å². The van der Waals surface area contributed by atoms with Crippen LogP contribution in [0.3, 0.4) is 0 Å². The van der Waals surface area contributed by atoms with Gasteiger partial charge >= 0.3 is 0 Å². The average Bonchev–Trinajstić information content (AvgIpc) is 2.86. The SMILES string of the molecule is CCc1nc(C)nc2c1c(C#N)cn2Cc1cccnc1N. The van der Waals surface area contributed by atoms with Crippen LogP contribution < -0.4 is 5.73 Å². The predicted octanol–water partition coefficient (Wildman–Crippen LogP) is 2.20. The number of aryl methyl sites for hydroxylation is 2. The molecule has 3 aromatic heterocycles. The van der Waals surface area contributed by atoms with Crippen LogP contribution in [0.1, 0.15) is 29.6 Å². The monoisotopic (exact) mass is 292 g/mol. The summed E-state index contributed by atoms with van der Waals surface area (Å²) in [5.41, 5.74) is 9.08. The van der Waals surface area contributed by atoms with E-state index in [1.54, 1.807) is 6.20 Å². The fraction of sp³-hybridized carbons (Fsp3) is 0.250. The van der Waals surface area contributed by atoms with Crippen molar-refractivity contribution in [3.8, 4) is 6.07 Å². The van der Waals surface area contributed by atoms with E-state index in [0.29, 0.717) is 23.8 Å². The fourth-order valence-corrected chi connectivity index (χ4v) is 2.61. The molecule has 0 fully saturated rings. The first-order valence-electron chi connectivity index (χ1n) is 7.09. The molecule has 22 heavy (non-hydrogen) atoms. The number of nitriles is 1. The van der Waals surface area contributed by atoms with Crippen molar-refractivity contribution < 1.29 is 0 Å². The largest absolute Gasteiger partial charge is 0.383 e. The van der Waals surface area contributed by atoms with E-state index in [9.17, 15) is 5.26 Å². The van der Waals surface area contributed by atoms with Gasteiger partial charge in [0.2, 0.25) is 0 Å². The third-order valence-electron chi connectivity index (χ3n) is 3.63. The van der Waals surface area contributed by atoms with Crippen molar-refractivity contribution in [2.45, 2.75) is 26.8 Å². The second kappa shape index (κ2) is 5.45. The summed E-state index contributed by atoms with van der Waals surface area (Å²) in [6.45, 7) is 4.41. The number of aromatic nitrogens is 4. The third-order valence-corrected chi connectivity index (χ3v) is 3.63. The van der Waals surface area contributed by atoms with Crippen LogP contribution in [-0.2, 0) is 13.0 Å². The van der Waals surface area contributed by atoms with Crippen LogP contribution in [0.25, 0.3) is 11.0 Å². The van der Waals surface area contributed by atoms with E-state index in [1.165, 1.54) is 0 Å². The van der Waals surface area contributed by atoms with E-state index in [1.807, 2.05) is 36.7 Å². The lowest BCUT2D eigenvalue weighted by molar-refractivity contribution is 0.815. The fourth-order valence-electron chi connectivity index (χ4n) is 2.61. The molecule has 0 aliphatic rings. The molecule has 0 spiro atoms. The maximum Gasteiger partial charge on any atom is 0.145 e. The lowest BCUT2D eigenvalue weighted by atomic mass is 10.1. The number of hydrogen-bond acceptors (Lipinski definition) is 5. The second-order valence-electron chi connectivity index (χ2n) is 5.10. The van der Waals surface area contributed by atoms with Crippen LogP contribution in [0.5, 0.6) is 0 Å². The van der Waals surface area contributed by atoms with Crippen molar-refractivity contribution in [1.82, 2.24) is 19.5 Å². The molecule has 0 saturated heterocycles. The molecule has 0 radical (unpaired) electrons. The van der Waals surface area contributed by atoms with Crippen LogP contribution in [0.15, 0.2) is 24.5 Å². The number of pyridine rings is 1. The van der Waals surface area contributed by atoms with Crippen molar-refractivity contribution in [3.63, 3.8) is 0 Å². The van der Waals surface area contributed by atoms with Gasteiger partial charge in [0.05, 0.1) is 23.2 Å². The van der Waals surface area contributed by atoms with Crippen molar-refractivity contribution in [3.05, 3.63) is 47.2 Å².